The van der Waals surface area contributed by atoms with Gasteiger partial charge in [-0.05, 0) is 25.7 Å². The number of nitrogens with zero attached hydrogens (tertiary/aromatic N) is 3. The summed E-state index contributed by atoms with van der Waals surface area (Å²) in [5, 5.41) is 9.81. The molecule has 0 aromatic carbocycles. The molecule has 4 heteroatoms. The third-order valence-corrected chi connectivity index (χ3v) is 4.72. The van der Waals surface area contributed by atoms with Gasteiger partial charge in [-0.3, -0.25) is 0 Å². The monoisotopic (exact) mass is 247 g/mol. The molecule has 3 rings (SSSR count). The molecule has 2 aliphatic rings. The summed E-state index contributed by atoms with van der Waals surface area (Å²) in [6.07, 6.45) is 6.62. The molecular formula is C14H21N3O. The lowest BCUT2D eigenvalue weighted by atomic mass is 9.69. The van der Waals surface area contributed by atoms with Crippen molar-refractivity contribution in [3.8, 4) is 0 Å². The van der Waals surface area contributed by atoms with Crippen molar-refractivity contribution in [1.82, 2.24) is 9.97 Å². The van der Waals surface area contributed by atoms with Gasteiger partial charge in [0.05, 0.1) is 6.61 Å². The highest BCUT2D eigenvalue weighted by Gasteiger charge is 2.47. The van der Waals surface area contributed by atoms with Gasteiger partial charge in [0.15, 0.2) is 0 Å². The third-order valence-electron chi connectivity index (χ3n) is 4.72. The molecule has 1 saturated heterocycles. The topological polar surface area (TPSA) is 49.2 Å². The van der Waals surface area contributed by atoms with Gasteiger partial charge in [-0.2, -0.15) is 0 Å². The van der Waals surface area contributed by atoms with Gasteiger partial charge in [-0.1, -0.05) is 12.8 Å². The summed E-state index contributed by atoms with van der Waals surface area (Å²) in [4.78, 5) is 10.9. The Morgan fingerprint density at radius 2 is 2.33 bits per heavy atom. The van der Waals surface area contributed by atoms with Crippen LogP contribution < -0.4 is 4.90 Å². The summed E-state index contributed by atoms with van der Waals surface area (Å²) >= 11 is 0. The molecule has 1 aromatic heterocycles. The molecule has 0 amide bonds. The van der Waals surface area contributed by atoms with E-state index in [0.29, 0.717) is 12.5 Å². The minimum atomic E-state index is 0.122. The Kier molecular flexibility index (Phi) is 2.98. The van der Waals surface area contributed by atoms with Crippen LogP contribution in [-0.4, -0.2) is 34.8 Å². The molecule has 0 bridgehead atoms. The van der Waals surface area contributed by atoms with Crippen LogP contribution in [0.5, 0.6) is 0 Å². The van der Waals surface area contributed by atoms with E-state index in [4.69, 9.17) is 0 Å². The Bertz CT molecular complexity index is 437. The van der Waals surface area contributed by atoms with Crippen molar-refractivity contribution in [1.29, 1.82) is 0 Å². The average Bonchev–Trinajstić information content (AvgIpc) is 2.79. The van der Waals surface area contributed by atoms with E-state index in [1.807, 2.05) is 13.0 Å². The van der Waals surface area contributed by atoms with Crippen LogP contribution in [0.1, 0.15) is 31.4 Å². The normalized spacial score (nSPS) is 31.4. The Morgan fingerprint density at radius 1 is 1.44 bits per heavy atom. The van der Waals surface area contributed by atoms with Crippen LogP contribution in [0.25, 0.3) is 0 Å². The van der Waals surface area contributed by atoms with E-state index in [0.717, 1.165) is 31.0 Å². The van der Waals surface area contributed by atoms with E-state index >= 15 is 0 Å². The van der Waals surface area contributed by atoms with E-state index in [1.165, 1.54) is 19.3 Å². The van der Waals surface area contributed by atoms with E-state index < -0.39 is 0 Å². The van der Waals surface area contributed by atoms with Crippen LogP contribution in [0.3, 0.4) is 0 Å². The van der Waals surface area contributed by atoms with Gasteiger partial charge in [0.25, 0.3) is 0 Å². The summed E-state index contributed by atoms with van der Waals surface area (Å²) in [5.74, 6) is 1.65. The zero-order valence-corrected chi connectivity index (χ0v) is 11.0. The van der Waals surface area contributed by atoms with Crippen molar-refractivity contribution < 1.29 is 5.11 Å². The second-order valence-corrected chi connectivity index (χ2v) is 5.86. The highest BCUT2D eigenvalue weighted by molar-refractivity contribution is 5.41. The molecule has 1 aliphatic carbocycles. The first kappa shape index (κ1) is 11.9. The van der Waals surface area contributed by atoms with Gasteiger partial charge in [0, 0.05) is 30.3 Å². The molecule has 0 radical (unpaired) electrons. The number of fused-ring (bicyclic) bond motifs is 1. The minimum Gasteiger partial charge on any atom is -0.396 e. The number of hydrogen-bond donors (Lipinski definition) is 1. The van der Waals surface area contributed by atoms with Crippen molar-refractivity contribution in [3.63, 3.8) is 0 Å². The SMILES string of the molecule is Cc1cc(N2CC3CCCCC3(CO)C2)ncn1. The molecule has 2 unspecified atom stereocenters. The van der Waals surface area contributed by atoms with Gasteiger partial charge in [-0.25, -0.2) is 9.97 Å². The Hall–Kier alpha value is -1.16. The fourth-order valence-corrected chi connectivity index (χ4v) is 3.63. The molecule has 4 nitrogen and oxygen atoms in total. The second kappa shape index (κ2) is 4.50. The van der Waals surface area contributed by atoms with Crippen molar-refractivity contribution in [2.75, 3.05) is 24.6 Å². The molecule has 1 aliphatic heterocycles. The first-order valence-electron chi connectivity index (χ1n) is 6.88. The lowest BCUT2D eigenvalue weighted by molar-refractivity contribution is 0.0626. The number of aliphatic hydroxyl groups is 1. The highest BCUT2D eigenvalue weighted by atomic mass is 16.3. The van der Waals surface area contributed by atoms with Gasteiger partial charge in [0.2, 0.25) is 0 Å². The Labute approximate surface area is 108 Å². The molecule has 2 heterocycles. The average molecular weight is 247 g/mol. The summed E-state index contributed by atoms with van der Waals surface area (Å²) in [7, 11) is 0. The lowest BCUT2D eigenvalue weighted by Gasteiger charge is -2.36. The fourth-order valence-electron chi connectivity index (χ4n) is 3.63. The van der Waals surface area contributed by atoms with E-state index in [9.17, 15) is 5.11 Å². The van der Waals surface area contributed by atoms with Gasteiger partial charge >= 0.3 is 0 Å². The molecular weight excluding hydrogens is 226 g/mol. The molecule has 1 aromatic rings. The molecule has 98 valence electrons. The number of hydrogen-bond acceptors (Lipinski definition) is 4. The Balaban J connectivity index is 1.85. The molecule has 2 fully saturated rings. The van der Waals surface area contributed by atoms with E-state index in [-0.39, 0.29) is 5.41 Å². The van der Waals surface area contributed by atoms with Crippen molar-refractivity contribution >= 4 is 5.82 Å². The van der Waals surface area contributed by atoms with Crippen molar-refractivity contribution in [2.24, 2.45) is 11.3 Å². The maximum absolute atomic E-state index is 9.81. The van der Waals surface area contributed by atoms with Crippen molar-refractivity contribution in [3.05, 3.63) is 18.1 Å². The van der Waals surface area contributed by atoms with Crippen LogP contribution in [0, 0.1) is 18.3 Å². The van der Waals surface area contributed by atoms with Crippen LogP contribution in [-0.2, 0) is 0 Å². The maximum atomic E-state index is 9.81. The standard InChI is InChI=1S/C14H21N3O/c1-11-6-13(16-10-15-11)17-7-12-4-2-3-5-14(12,8-17)9-18/h6,10,12,18H,2-5,7-9H2,1H3. The maximum Gasteiger partial charge on any atom is 0.132 e. The summed E-state index contributed by atoms with van der Waals surface area (Å²) < 4.78 is 0. The molecule has 1 saturated carbocycles. The number of rotatable bonds is 2. The summed E-state index contributed by atoms with van der Waals surface area (Å²) in [5.41, 5.74) is 1.13. The van der Waals surface area contributed by atoms with Crippen LogP contribution >= 0.6 is 0 Å². The van der Waals surface area contributed by atoms with Crippen LogP contribution in [0.2, 0.25) is 0 Å². The van der Waals surface area contributed by atoms with E-state index in [2.05, 4.69) is 14.9 Å². The van der Waals surface area contributed by atoms with Gasteiger partial charge < -0.3 is 10.0 Å². The predicted molar refractivity (Wildman–Crippen MR) is 70.5 cm³/mol. The van der Waals surface area contributed by atoms with Crippen LogP contribution in [0.4, 0.5) is 5.82 Å². The molecule has 18 heavy (non-hydrogen) atoms. The van der Waals surface area contributed by atoms with Gasteiger partial charge in [-0.15, -0.1) is 0 Å². The second-order valence-electron chi connectivity index (χ2n) is 5.86. The Morgan fingerprint density at radius 3 is 3.06 bits per heavy atom. The van der Waals surface area contributed by atoms with Crippen molar-refractivity contribution in [2.45, 2.75) is 32.6 Å². The smallest absolute Gasteiger partial charge is 0.132 e. The number of aliphatic hydroxyl groups excluding tert-OH is 1. The largest absolute Gasteiger partial charge is 0.396 e. The minimum absolute atomic E-state index is 0.122. The highest BCUT2D eigenvalue weighted by Crippen LogP contribution is 2.47. The van der Waals surface area contributed by atoms with Gasteiger partial charge in [0.1, 0.15) is 12.1 Å². The molecule has 1 N–H and O–H groups in total. The zero-order valence-electron chi connectivity index (χ0n) is 11.0. The zero-order chi connectivity index (χ0) is 12.6. The van der Waals surface area contributed by atoms with Crippen LogP contribution in [0.15, 0.2) is 12.4 Å². The number of aryl methyl sites for hydroxylation is 1. The predicted octanol–water partition coefficient (Wildman–Crippen LogP) is 1.77. The quantitative estimate of drug-likeness (QED) is 0.865. The summed E-state index contributed by atoms with van der Waals surface area (Å²) in [6.45, 7) is 4.30. The number of aromatic nitrogens is 2. The first-order chi connectivity index (χ1) is 8.73. The fraction of sp³-hybridized carbons (Fsp3) is 0.714. The van der Waals surface area contributed by atoms with E-state index in [1.54, 1.807) is 6.33 Å². The molecule has 0 spiro atoms. The summed E-state index contributed by atoms with van der Waals surface area (Å²) in [6, 6.07) is 2.04. The molecule has 2 atom stereocenters. The first-order valence-corrected chi connectivity index (χ1v) is 6.88. The lowest BCUT2D eigenvalue weighted by Crippen LogP contribution is -2.37. The third kappa shape index (κ3) is 1.88. The number of anilines is 1.